The van der Waals surface area contributed by atoms with Gasteiger partial charge in [-0.25, -0.2) is 4.79 Å². The standard InChI is InChI=1S/C9H14ClNO3/c1-6-4-3-5-7(2)11(6)14-9(13)8(10)12/h6-7H,3-5H2,1-2H3. The molecule has 1 rings (SSSR count). The van der Waals surface area contributed by atoms with Crippen LogP contribution in [0.25, 0.3) is 0 Å². The first kappa shape index (κ1) is 11.5. The summed E-state index contributed by atoms with van der Waals surface area (Å²) in [6.45, 7) is 3.92. The maximum absolute atomic E-state index is 11.0. The molecule has 5 heteroatoms. The summed E-state index contributed by atoms with van der Waals surface area (Å²) >= 11 is 5.00. The third-order valence-corrected chi connectivity index (χ3v) is 2.62. The summed E-state index contributed by atoms with van der Waals surface area (Å²) < 4.78 is 0. The van der Waals surface area contributed by atoms with Gasteiger partial charge < -0.3 is 4.84 Å². The fourth-order valence-corrected chi connectivity index (χ4v) is 1.74. The SMILES string of the molecule is CC1CCCC(C)N1OC(=O)C(=O)Cl. The van der Waals surface area contributed by atoms with Crippen molar-refractivity contribution in [3.05, 3.63) is 0 Å². The maximum Gasteiger partial charge on any atom is 0.410 e. The van der Waals surface area contributed by atoms with Crippen molar-refractivity contribution >= 4 is 22.8 Å². The number of carbonyl (C=O) groups excluding carboxylic acids is 2. The molecule has 80 valence electrons. The zero-order chi connectivity index (χ0) is 10.7. The lowest BCUT2D eigenvalue weighted by atomic mass is 10.0. The van der Waals surface area contributed by atoms with Gasteiger partial charge in [-0.15, -0.1) is 5.06 Å². The Morgan fingerprint density at radius 2 is 1.79 bits per heavy atom. The molecule has 1 heterocycles. The predicted octanol–water partition coefficient (Wildman–Crippen LogP) is 1.47. The lowest BCUT2D eigenvalue weighted by Crippen LogP contribution is -2.45. The molecule has 0 aromatic carbocycles. The minimum atomic E-state index is -1.07. The smallest absolute Gasteiger partial charge is 0.360 e. The van der Waals surface area contributed by atoms with Gasteiger partial charge in [0.15, 0.2) is 0 Å². The first-order chi connectivity index (χ1) is 6.52. The molecule has 0 saturated carbocycles. The van der Waals surface area contributed by atoms with E-state index in [-0.39, 0.29) is 12.1 Å². The fourth-order valence-electron chi connectivity index (χ4n) is 1.71. The molecule has 0 amide bonds. The molecule has 0 aliphatic carbocycles. The van der Waals surface area contributed by atoms with Gasteiger partial charge in [0.1, 0.15) is 0 Å². The Bertz CT molecular complexity index is 234. The minimum Gasteiger partial charge on any atom is -0.360 e. The molecule has 1 aliphatic heterocycles. The van der Waals surface area contributed by atoms with Crippen LogP contribution >= 0.6 is 11.6 Å². The molecule has 0 aromatic heterocycles. The highest BCUT2D eigenvalue weighted by atomic mass is 35.5. The third-order valence-electron chi connectivity index (χ3n) is 2.46. The van der Waals surface area contributed by atoms with E-state index in [4.69, 9.17) is 16.4 Å². The average Bonchev–Trinajstić information content (AvgIpc) is 2.11. The number of carbonyl (C=O) groups is 2. The molecule has 4 nitrogen and oxygen atoms in total. The summed E-state index contributed by atoms with van der Waals surface area (Å²) in [6.07, 6.45) is 3.05. The Labute approximate surface area is 88.1 Å². The molecule has 0 N–H and O–H groups in total. The number of piperidine rings is 1. The Hall–Kier alpha value is -0.610. The second-order valence-electron chi connectivity index (χ2n) is 3.64. The van der Waals surface area contributed by atoms with Crippen molar-refractivity contribution < 1.29 is 14.4 Å². The molecule has 1 fully saturated rings. The quantitative estimate of drug-likeness (QED) is 0.521. The summed E-state index contributed by atoms with van der Waals surface area (Å²) in [5.41, 5.74) is 0. The van der Waals surface area contributed by atoms with Gasteiger partial charge in [0.2, 0.25) is 0 Å². The first-order valence-electron chi connectivity index (χ1n) is 4.72. The molecular formula is C9H14ClNO3. The second-order valence-corrected chi connectivity index (χ2v) is 3.98. The summed E-state index contributed by atoms with van der Waals surface area (Å²) in [4.78, 5) is 26.3. The number of hydroxylamine groups is 2. The van der Waals surface area contributed by atoms with Crippen LogP contribution < -0.4 is 0 Å². The lowest BCUT2D eigenvalue weighted by molar-refractivity contribution is -0.217. The second kappa shape index (κ2) is 4.75. The Morgan fingerprint density at radius 3 is 2.21 bits per heavy atom. The van der Waals surface area contributed by atoms with Crippen LogP contribution in [0.4, 0.5) is 0 Å². The molecule has 14 heavy (non-hydrogen) atoms. The van der Waals surface area contributed by atoms with Gasteiger partial charge in [-0.3, -0.25) is 4.79 Å². The van der Waals surface area contributed by atoms with Crippen LogP contribution in [0.5, 0.6) is 0 Å². The van der Waals surface area contributed by atoms with Crippen LogP contribution in [0.1, 0.15) is 33.1 Å². The molecule has 1 saturated heterocycles. The van der Waals surface area contributed by atoms with Gasteiger partial charge in [0, 0.05) is 12.1 Å². The highest BCUT2D eigenvalue weighted by Gasteiger charge is 2.29. The third kappa shape index (κ3) is 2.69. The number of hydrogen-bond acceptors (Lipinski definition) is 4. The summed E-state index contributed by atoms with van der Waals surface area (Å²) in [5, 5.41) is 0.488. The van der Waals surface area contributed by atoms with E-state index in [1.54, 1.807) is 5.06 Å². The van der Waals surface area contributed by atoms with Gasteiger partial charge in [-0.2, -0.15) is 0 Å². The molecule has 1 aliphatic rings. The van der Waals surface area contributed by atoms with Crippen molar-refractivity contribution in [1.29, 1.82) is 0 Å². The van der Waals surface area contributed by atoms with Crippen molar-refractivity contribution in [3.8, 4) is 0 Å². The fraction of sp³-hybridized carbons (Fsp3) is 0.778. The van der Waals surface area contributed by atoms with Gasteiger partial charge in [-0.1, -0.05) is 6.42 Å². The van der Waals surface area contributed by atoms with E-state index in [1.165, 1.54) is 0 Å². The van der Waals surface area contributed by atoms with E-state index >= 15 is 0 Å². The van der Waals surface area contributed by atoms with Crippen LogP contribution in [0.3, 0.4) is 0 Å². The van der Waals surface area contributed by atoms with Crippen molar-refractivity contribution in [1.82, 2.24) is 5.06 Å². The molecule has 0 radical (unpaired) electrons. The molecule has 2 atom stereocenters. The Morgan fingerprint density at radius 1 is 1.29 bits per heavy atom. The Balaban J connectivity index is 2.56. The lowest BCUT2D eigenvalue weighted by Gasteiger charge is -2.36. The predicted molar refractivity (Wildman–Crippen MR) is 51.6 cm³/mol. The van der Waals surface area contributed by atoms with E-state index in [9.17, 15) is 9.59 Å². The molecule has 0 aromatic rings. The largest absolute Gasteiger partial charge is 0.410 e. The molecular weight excluding hydrogens is 206 g/mol. The van der Waals surface area contributed by atoms with Crippen LogP contribution in [0.2, 0.25) is 0 Å². The highest BCUT2D eigenvalue weighted by molar-refractivity contribution is 6.80. The van der Waals surface area contributed by atoms with Gasteiger partial charge in [0.05, 0.1) is 0 Å². The van der Waals surface area contributed by atoms with Gasteiger partial charge in [0.25, 0.3) is 0 Å². The van der Waals surface area contributed by atoms with Gasteiger partial charge in [-0.05, 0) is 38.3 Å². The number of rotatable bonds is 2. The van der Waals surface area contributed by atoms with Crippen molar-refractivity contribution in [2.45, 2.75) is 45.2 Å². The number of nitrogens with zero attached hydrogens (tertiary/aromatic N) is 1. The van der Waals surface area contributed by atoms with Crippen LogP contribution in [-0.2, 0) is 14.4 Å². The minimum absolute atomic E-state index is 0.152. The topological polar surface area (TPSA) is 46.6 Å². The molecule has 0 bridgehead atoms. The van der Waals surface area contributed by atoms with E-state index in [2.05, 4.69) is 0 Å². The van der Waals surface area contributed by atoms with Crippen molar-refractivity contribution in [3.63, 3.8) is 0 Å². The van der Waals surface area contributed by atoms with Crippen molar-refractivity contribution in [2.24, 2.45) is 0 Å². The zero-order valence-corrected chi connectivity index (χ0v) is 9.08. The molecule has 2 unspecified atom stereocenters. The summed E-state index contributed by atoms with van der Waals surface area (Å²) in [7, 11) is 0. The monoisotopic (exact) mass is 219 g/mol. The van der Waals surface area contributed by atoms with Crippen molar-refractivity contribution in [2.75, 3.05) is 0 Å². The molecule has 0 spiro atoms. The van der Waals surface area contributed by atoms with E-state index in [1.807, 2.05) is 13.8 Å². The average molecular weight is 220 g/mol. The normalized spacial score (nSPS) is 28.5. The highest BCUT2D eigenvalue weighted by Crippen LogP contribution is 2.22. The summed E-state index contributed by atoms with van der Waals surface area (Å²) in [6, 6.07) is 0.303. The number of halogens is 1. The van der Waals surface area contributed by atoms with Crippen LogP contribution in [0, 0.1) is 0 Å². The number of hydrogen-bond donors (Lipinski definition) is 0. The first-order valence-corrected chi connectivity index (χ1v) is 5.10. The van der Waals surface area contributed by atoms with E-state index < -0.39 is 11.2 Å². The Kier molecular flexibility index (Phi) is 3.89. The van der Waals surface area contributed by atoms with Crippen LogP contribution in [0.15, 0.2) is 0 Å². The van der Waals surface area contributed by atoms with E-state index in [0.29, 0.717) is 0 Å². The van der Waals surface area contributed by atoms with Gasteiger partial charge >= 0.3 is 11.2 Å². The van der Waals surface area contributed by atoms with E-state index in [0.717, 1.165) is 19.3 Å². The maximum atomic E-state index is 11.0. The van der Waals surface area contributed by atoms with Crippen LogP contribution in [-0.4, -0.2) is 28.4 Å². The summed E-state index contributed by atoms with van der Waals surface area (Å²) in [5.74, 6) is -0.993. The zero-order valence-electron chi connectivity index (χ0n) is 8.33.